The van der Waals surface area contributed by atoms with Crippen LogP contribution in [0.2, 0.25) is 0 Å². The summed E-state index contributed by atoms with van der Waals surface area (Å²) in [6.45, 7) is 2.00. The smallest absolute Gasteiger partial charge is 0.129 e. The maximum absolute atomic E-state index is 13.2. The van der Waals surface area contributed by atoms with Crippen molar-refractivity contribution < 1.29 is 4.39 Å². The van der Waals surface area contributed by atoms with E-state index in [1.165, 1.54) is 12.1 Å². The molecule has 3 nitrogen and oxygen atoms in total. The van der Waals surface area contributed by atoms with Crippen LogP contribution in [0.15, 0.2) is 24.3 Å². The van der Waals surface area contributed by atoms with Crippen LogP contribution in [0.3, 0.4) is 0 Å². The highest BCUT2D eigenvalue weighted by Gasteiger charge is 2.14. The zero-order valence-electron chi connectivity index (χ0n) is 9.37. The fourth-order valence-electron chi connectivity index (χ4n) is 1.80. The monoisotopic (exact) mass is 219 g/mol. The highest BCUT2D eigenvalue weighted by atomic mass is 19.1. The van der Waals surface area contributed by atoms with Crippen LogP contribution in [0.5, 0.6) is 0 Å². The number of anilines is 1. The fourth-order valence-corrected chi connectivity index (χ4v) is 1.80. The molecule has 0 saturated carbocycles. The lowest BCUT2D eigenvalue weighted by Gasteiger charge is -2.02. The minimum absolute atomic E-state index is 0.261. The third kappa shape index (κ3) is 1.66. The summed E-state index contributed by atoms with van der Waals surface area (Å²) in [5, 5.41) is 4.30. The Morgan fingerprint density at radius 2 is 2.19 bits per heavy atom. The summed E-state index contributed by atoms with van der Waals surface area (Å²) in [4.78, 5) is 0. The number of nitrogen functional groups attached to an aromatic ring is 1. The van der Waals surface area contributed by atoms with Gasteiger partial charge in [-0.05, 0) is 24.1 Å². The number of nitrogens with zero attached hydrogens (tertiary/aromatic N) is 2. The van der Waals surface area contributed by atoms with Crippen molar-refractivity contribution in [3.8, 4) is 11.1 Å². The number of hydrogen-bond donors (Lipinski definition) is 1. The standard InChI is InChI=1S/C12H14FN3/c1-3-10-11(12(14)16(2)15-10)8-5-4-6-9(13)7-8/h4-7H,3,14H2,1-2H3. The zero-order chi connectivity index (χ0) is 11.7. The van der Waals surface area contributed by atoms with E-state index in [9.17, 15) is 4.39 Å². The zero-order valence-corrected chi connectivity index (χ0v) is 9.37. The Balaban J connectivity index is 2.63. The molecule has 1 aromatic carbocycles. The molecule has 0 radical (unpaired) electrons. The predicted molar refractivity (Wildman–Crippen MR) is 62.4 cm³/mol. The highest BCUT2D eigenvalue weighted by Crippen LogP contribution is 2.29. The second-order valence-electron chi connectivity index (χ2n) is 3.69. The van der Waals surface area contributed by atoms with Gasteiger partial charge in [-0.2, -0.15) is 5.10 Å². The van der Waals surface area contributed by atoms with Gasteiger partial charge in [0, 0.05) is 12.6 Å². The van der Waals surface area contributed by atoms with Crippen molar-refractivity contribution in [3.05, 3.63) is 35.8 Å². The summed E-state index contributed by atoms with van der Waals surface area (Å²) in [5.41, 5.74) is 8.45. The van der Waals surface area contributed by atoms with Crippen molar-refractivity contribution in [3.63, 3.8) is 0 Å². The van der Waals surface area contributed by atoms with Crippen LogP contribution in [0.1, 0.15) is 12.6 Å². The predicted octanol–water partition coefficient (Wildman–Crippen LogP) is 2.37. The number of benzene rings is 1. The average molecular weight is 219 g/mol. The van der Waals surface area contributed by atoms with E-state index in [-0.39, 0.29) is 5.82 Å². The molecule has 0 spiro atoms. The SMILES string of the molecule is CCc1nn(C)c(N)c1-c1cccc(F)c1. The van der Waals surface area contributed by atoms with Crippen molar-refractivity contribution in [2.45, 2.75) is 13.3 Å². The molecular formula is C12H14FN3. The van der Waals surface area contributed by atoms with E-state index in [4.69, 9.17) is 5.73 Å². The minimum Gasteiger partial charge on any atom is -0.383 e. The van der Waals surface area contributed by atoms with E-state index in [0.717, 1.165) is 23.2 Å². The lowest BCUT2D eigenvalue weighted by molar-refractivity contribution is 0.628. The molecule has 2 aromatic rings. The van der Waals surface area contributed by atoms with Crippen LogP contribution in [-0.4, -0.2) is 9.78 Å². The van der Waals surface area contributed by atoms with Crippen LogP contribution in [-0.2, 0) is 13.5 Å². The van der Waals surface area contributed by atoms with Gasteiger partial charge in [0.1, 0.15) is 11.6 Å². The normalized spacial score (nSPS) is 10.7. The van der Waals surface area contributed by atoms with Gasteiger partial charge in [-0.3, -0.25) is 4.68 Å². The van der Waals surface area contributed by atoms with E-state index >= 15 is 0 Å². The molecule has 0 fully saturated rings. The summed E-state index contributed by atoms with van der Waals surface area (Å²) in [5.74, 6) is 0.310. The third-order valence-electron chi connectivity index (χ3n) is 2.61. The number of halogens is 1. The summed E-state index contributed by atoms with van der Waals surface area (Å²) in [6, 6.07) is 6.42. The van der Waals surface area contributed by atoms with E-state index in [2.05, 4.69) is 5.10 Å². The minimum atomic E-state index is -0.261. The number of aryl methyl sites for hydroxylation is 2. The van der Waals surface area contributed by atoms with Crippen molar-refractivity contribution in [1.29, 1.82) is 0 Å². The fraction of sp³-hybridized carbons (Fsp3) is 0.250. The van der Waals surface area contributed by atoms with Crippen LogP contribution in [0.25, 0.3) is 11.1 Å². The van der Waals surface area contributed by atoms with E-state index in [0.29, 0.717) is 5.82 Å². The Morgan fingerprint density at radius 1 is 1.44 bits per heavy atom. The van der Waals surface area contributed by atoms with Gasteiger partial charge in [0.2, 0.25) is 0 Å². The number of nitrogens with two attached hydrogens (primary N) is 1. The van der Waals surface area contributed by atoms with Crippen molar-refractivity contribution in [1.82, 2.24) is 9.78 Å². The lowest BCUT2D eigenvalue weighted by Crippen LogP contribution is -1.98. The van der Waals surface area contributed by atoms with Gasteiger partial charge in [0.15, 0.2) is 0 Å². The first-order valence-corrected chi connectivity index (χ1v) is 5.20. The number of aromatic nitrogens is 2. The molecule has 0 aliphatic heterocycles. The van der Waals surface area contributed by atoms with Crippen LogP contribution in [0, 0.1) is 5.82 Å². The van der Waals surface area contributed by atoms with Crippen molar-refractivity contribution in [2.75, 3.05) is 5.73 Å². The molecule has 2 rings (SSSR count). The quantitative estimate of drug-likeness (QED) is 0.842. The Kier molecular flexibility index (Phi) is 2.64. The van der Waals surface area contributed by atoms with Gasteiger partial charge in [-0.15, -0.1) is 0 Å². The van der Waals surface area contributed by atoms with E-state index in [1.54, 1.807) is 17.8 Å². The molecule has 1 heterocycles. The van der Waals surface area contributed by atoms with Gasteiger partial charge < -0.3 is 5.73 Å². The maximum atomic E-state index is 13.2. The molecule has 0 unspecified atom stereocenters. The summed E-state index contributed by atoms with van der Waals surface area (Å²) < 4.78 is 14.8. The maximum Gasteiger partial charge on any atom is 0.129 e. The molecule has 0 saturated heterocycles. The second kappa shape index (κ2) is 3.96. The highest BCUT2D eigenvalue weighted by molar-refractivity contribution is 5.76. The Bertz CT molecular complexity index is 517. The molecule has 0 aliphatic rings. The van der Waals surface area contributed by atoms with Crippen molar-refractivity contribution in [2.24, 2.45) is 7.05 Å². The van der Waals surface area contributed by atoms with E-state index < -0.39 is 0 Å². The van der Waals surface area contributed by atoms with Crippen molar-refractivity contribution >= 4 is 5.82 Å². The first-order valence-electron chi connectivity index (χ1n) is 5.20. The molecule has 0 bridgehead atoms. The first-order chi connectivity index (χ1) is 7.63. The molecule has 16 heavy (non-hydrogen) atoms. The van der Waals surface area contributed by atoms with Gasteiger partial charge in [-0.25, -0.2) is 4.39 Å². The third-order valence-corrected chi connectivity index (χ3v) is 2.61. The van der Waals surface area contributed by atoms with Crippen LogP contribution in [0.4, 0.5) is 10.2 Å². The van der Waals surface area contributed by atoms with Gasteiger partial charge in [0.25, 0.3) is 0 Å². The van der Waals surface area contributed by atoms with Crippen LogP contribution < -0.4 is 5.73 Å². The van der Waals surface area contributed by atoms with Gasteiger partial charge in [0.05, 0.1) is 5.69 Å². The Morgan fingerprint density at radius 3 is 2.81 bits per heavy atom. The Labute approximate surface area is 93.7 Å². The molecule has 1 aromatic heterocycles. The topological polar surface area (TPSA) is 43.8 Å². The lowest BCUT2D eigenvalue weighted by atomic mass is 10.0. The molecule has 4 heteroatoms. The first kappa shape index (κ1) is 10.7. The Hall–Kier alpha value is -1.84. The molecule has 2 N–H and O–H groups in total. The average Bonchev–Trinajstić information content (AvgIpc) is 2.55. The number of hydrogen-bond acceptors (Lipinski definition) is 2. The molecular weight excluding hydrogens is 205 g/mol. The molecule has 0 aliphatic carbocycles. The second-order valence-corrected chi connectivity index (χ2v) is 3.69. The summed E-state index contributed by atoms with van der Waals surface area (Å²) >= 11 is 0. The van der Waals surface area contributed by atoms with Gasteiger partial charge in [-0.1, -0.05) is 19.1 Å². The summed E-state index contributed by atoms with van der Waals surface area (Å²) in [7, 11) is 1.79. The summed E-state index contributed by atoms with van der Waals surface area (Å²) in [6.07, 6.45) is 0.775. The largest absolute Gasteiger partial charge is 0.383 e. The molecule has 0 atom stereocenters. The number of rotatable bonds is 2. The molecule has 84 valence electrons. The molecule has 0 amide bonds. The van der Waals surface area contributed by atoms with Gasteiger partial charge >= 0.3 is 0 Å². The van der Waals surface area contributed by atoms with E-state index in [1.807, 2.05) is 13.0 Å². The van der Waals surface area contributed by atoms with Crippen LogP contribution >= 0.6 is 0 Å².